The number of phenolic OH excluding ortho intramolecular Hbond substituents is 1. The van der Waals surface area contributed by atoms with Gasteiger partial charge in [-0.15, -0.1) is 0 Å². The van der Waals surface area contributed by atoms with E-state index in [1.54, 1.807) is 0 Å². The third kappa shape index (κ3) is 2.17. The molecule has 3 N–H and O–H groups in total. The van der Waals surface area contributed by atoms with Crippen molar-refractivity contribution in [3.8, 4) is 5.75 Å². The lowest BCUT2D eigenvalue weighted by Crippen LogP contribution is -2.08. The molecule has 0 saturated carbocycles. The summed E-state index contributed by atoms with van der Waals surface area (Å²) < 4.78 is 36.6. The van der Waals surface area contributed by atoms with Crippen molar-refractivity contribution in [1.29, 1.82) is 0 Å². The molecule has 0 atom stereocenters. The molecule has 1 rings (SSSR count). The van der Waals surface area contributed by atoms with Crippen molar-refractivity contribution in [2.45, 2.75) is 6.18 Å². The minimum Gasteiger partial charge on any atom is -0.506 e. The van der Waals surface area contributed by atoms with Crippen molar-refractivity contribution in [1.82, 2.24) is 0 Å². The molecule has 0 spiro atoms. The van der Waals surface area contributed by atoms with Gasteiger partial charge < -0.3 is 10.8 Å². The first-order valence-corrected chi connectivity index (χ1v) is 4.25. The van der Waals surface area contributed by atoms with Gasteiger partial charge in [-0.3, -0.25) is 0 Å². The van der Waals surface area contributed by atoms with Crippen molar-refractivity contribution in [2.24, 2.45) is 0 Å². The first-order valence-electron chi connectivity index (χ1n) is 3.17. The summed E-state index contributed by atoms with van der Waals surface area (Å²) in [6, 6.07) is 1.70. The quantitative estimate of drug-likeness (QED) is 0.440. The van der Waals surface area contributed by atoms with E-state index in [1.165, 1.54) is 22.6 Å². The van der Waals surface area contributed by atoms with Gasteiger partial charge in [-0.25, -0.2) is 0 Å². The minimum atomic E-state index is -4.43. The molecule has 0 aliphatic heterocycles. The fourth-order valence-electron chi connectivity index (χ4n) is 0.797. The summed E-state index contributed by atoms with van der Waals surface area (Å²) in [5.41, 5.74) is 4.03. The molecule has 2 nitrogen and oxygen atoms in total. The van der Waals surface area contributed by atoms with Crippen LogP contribution < -0.4 is 5.73 Å². The molecular weight excluding hydrogens is 298 g/mol. The normalized spacial score (nSPS) is 11.7. The fourth-order valence-corrected chi connectivity index (χ4v) is 1.55. The van der Waals surface area contributed by atoms with Crippen LogP contribution in [0.5, 0.6) is 5.75 Å². The summed E-state index contributed by atoms with van der Waals surface area (Å²) in [7, 11) is 0. The lowest BCUT2D eigenvalue weighted by atomic mass is 10.2. The number of rotatable bonds is 0. The zero-order valence-electron chi connectivity index (χ0n) is 6.19. The van der Waals surface area contributed by atoms with Crippen LogP contribution in [0.4, 0.5) is 18.9 Å². The van der Waals surface area contributed by atoms with Gasteiger partial charge in [0.25, 0.3) is 0 Å². The Bertz CT molecular complexity index is 337. The van der Waals surface area contributed by atoms with E-state index in [4.69, 9.17) is 10.8 Å². The van der Waals surface area contributed by atoms with Crippen molar-refractivity contribution in [3.05, 3.63) is 21.3 Å². The standard InChI is InChI=1S/C7H5F3INO/c8-7(9,10)3-1-5(12)6(13)2-4(3)11/h1-2,13H,12H2. The monoisotopic (exact) mass is 303 g/mol. The Morgan fingerprint density at radius 1 is 1.31 bits per heavy atom. The molecule has 0 amide bonds. The Kier molecular flexibility index (Phi) is 2.60. The SMILES string of the molecule is Nc1cc(C(F)(F)F)c(I)cc1O. The third-order valence-corrected chi connectivity index (χ3v) is 2.31. The van der Waals surface area contributed by atoms with Crippen LogP contribution in [0.2, 0.25) is 0 Å². The molecule has 0 aliphatic carbocycles. The van der Waals surface area contributed by atoms with Crippen LogP contribution >= 0.6 is 22.6 Å². The zero-order valence-corrected chi connectivity index (χ0v) is 8.35. The summed E-state index contributed by atoms with van der Waals surface area (Å²) in [4.78, 5) is 0. The Morgan fingerprint density at radius 2 is 1.85 bits per heavy atom. The topological polar surface area (TPSA) is 46.2 Å². The van der Waals surface area contributed by atoms with Gasteiger partial charge in [0.1, 0.15) is 5.75 Å². The van der Waals surface area contributed by atoms with Gasteiger partial charge in [-0.05, 0) is 34.7 Å². The number of halogens is 4. The lowest BCUT2D eigenvalue weighted by molar-refractivity contribution is -0.138. The van der Waals surface area contributed by atoms with Gasteiger partial charge in [0.05, 0.1) is 11.3 Å². The van der Waals surface area contributed by atoms with Crippen molar-refractivity contribution >= 4 is 28.3 Å². The van der Waals surface area contributed by atoms with Crippen LogP contribution in [-0.2, 0) is 6.18 Å². The molecule has 0 saturated heterocycles. The molecule has 0 aromatic heterocycles. The highest BCUT2D eigenvalue weighted by atomic mass is 127. The molecule has 0 heterocycles. The highest BCUT2D eigenvalue weighted by Gasteiger charge is 2.33. The first-order chi connectivity index (χ1) is 5.82. The molecule has 13 heavy (non-hydrogen) atoms. The molecule has 6 heteroatoms. The van der Waals surface area contributed by atoms with Crippen LogP contribution in [0.25, 0.3) is 0 Å². The second-order valence-electron chi connectivity index (χ2n) is 2.39. The maximum atomic E-state index is 12.2. The van der Waals surface area contributed by atoms with E-state index in [9.17, 15) is 13.2 Å². The Balaban J connectivity index is 3.32. The molecule has 0 bridgehead atoms. The fraction of sp³-hybridized carbons (Fsp3) is 0.143. The number of anilines is 1. The van der Waals surface area contributed by atoms with Gasteiger partial charge in [0.2, 0.25) is 0 Å². The zero-order chi connectivity index (χ0) is 10.2. The maximum Gasteiger partial charge on any atom is 0.417 e. The summed E-state index contributed by atoms with van der Waals surface area (Å²) in [6.45, 7) is 0. The minimum absolute atomic E-state index is 0.0724. The number of phenols is 1. The largest absolute Gasteiger partial charge is 0.506 e. The number of alkyl halides is 3. The number of benzene rings is 1. The van der Waals surface area contributed by atoms with Gasteiger partial charge in [-0.1, -0.05) is 0 Å². The smallest absolute Gasteiger partial charge is 0.417 e. The summed E-state index contributed by atoms with van der Waals surface area (Å²) in [5.74, 6) is -0.336. The highest BCUT2D eigenvalue weighted by molar-refractivity contribution is 14.1. The van der Waals surface area contributed by atoms with Gasteiger partial charge in [0.15, 0.2) is 0 Å². The second-order valence-corrected chi connectivity index (χ2v) is 3.55. The number of aromatic hydroxyl groups is 1. The van der Waals surface area contributed by atoms with Crippen LogP contribution in [0, 0.1) is 3.57 Å². The van der Waals surface area contributed by atoms with Crippen molar-refractivity contribution in [2.75, 3.05) is 5.73 Å². The number of nitrogen functional groups attached to an aromatic ring is 1. The van der Waals surface area contributed by atoms with Crippen LogP contribution in [-0.4, -0.2) is 5.11 Å². The molecule has 1 aromatic carbocycles. The maximum absolute atomic E-state index is 12.2. The van der Waals surface area contributed by atoms with Gasteiger partial charge in [0, 0.05) is 3.57 Å². The van der Waals surface area contributed by atoms with Crippen molar-refractivity contribution in [3.63, 3.8) is 0 Å². The first kappa shape index (κ1) is 10.4. The predicted octanol–water partition coefficient (Wildman–Crippen LogP) is 2.60. The molecule has 0 aliphatic rings. The highest BCUT2D eigenvalue weighted by Crippen LogP contribution is 2.36. The van der Waals surface area contributed by atoms with E-state index in [-0.39, 0.29) is 15.0 Å². The van der Waals surface area contributed by atoms with E-state index < -0.39 is 11.7 Å². The van der Waals surface area contributed by atoms with Crippen molar-refractivity contribution < 1.29 is 18.3 Å². The molecular formula is C7H5F3INO. The lowest BCUT2D eigenvalue weighted by Gasteiger charge is -2.10. The van der Waals surface area contributed by atoms with E-state index >= 15 is 0 Å². The molecule has 0 radical (unpaired) electrons. The second kappa shape index (κ2) is 3.24. The van der Waals surface area contributed by atoms with Crippen LogP contribution in [0.3, 0.4) is 0 Å². The number of nitrogens with two attached hydrogens (primary N) is 1. The van der Waals surface area contributed by atoms with E-state index in [2.05, 4.69) is 0 Å². The Morgan fingerprint density at radius 3 is 2.31 bits per heavy atom. The molecule has 72 valence electrons. The number of hydrogen-bond acceptors (Lipinski definition) is 2. The average molecular weight is 303 g/mol. The summed E-state index contributed by atoms with van der Waals surface area (Å²) in [5, 5.41) is 8.99. The van der Waals surface area contributed by atoms with E-state index in [0.29, 0.717) is 0 Å². The molecule has 1 aromatic rings. The average Bonchev–Trinajstić information content (AvgIpc) is 1.94. The summed E-state index contributed by atoms with van der Waals surface area (Å²) >= 11 is 1.49. The number of hydrogen-bond donors (Lipinski definition) is 2. The van der Waals surface area contributed by atoms with E-state index in [1.807, 2.05) is 0 Å². The summed E-state index contributed by atoms with van der Waals surface area (Å²) in [6.07, 6.45) is -4.43. The predicted molar refractivity (Wildman–Crippen MR) is 50.2 cm³/mol. The molecule has 0 fully saturated rings. The van der Waals surface area contributed by atoms with E-state index in [0.717, 1.165) is 12.1 Å². The van der Waals surface area contributed by atoms with Crippen LogP contribution in [0.1, 0.15) is 5.56 Å². The molecule has 0 unspecified atom stereocenters. The van der Waals surface area contributed by atoms with Gasteiger partial charge in [-0.2, -0.15) is 13.2 Å². The van der Waals surface area contributed by atoms with Crippen LogP contribution in [0.15, 0.2) is 12.1 Å². The van der Waals surface area contributed by atoms with Gasteiger partial charge >= 0.3 is 6.18 Å². The third-order valence-electron chi connectivity index (χ3n) is 1.42. The Hall–Kier alpha value is -0.660. The Labute approximate surface area is 85.7 Å².